The van der Waals surface area contributed by atoms with Crippen LogP contribution >= 0.6 is 23.2 Å². The maximum absolute atomic E-state index is 13.4. The summed E-state index contributed by atoms with van der Waals surface area (Å²) in [7, 11) is 1.51. The van der Waals surface area contributed by atoms with Crippen molar-refractivity contribution in [1.82, 2.24) is 9.97 Å². The van der Waals surface area contributed by atoms with E-state index in [2.05, 4.69) is 15.3 Å². The zero-order valence-corrected chi connectivity index (χ0v) is 25.4. The average Bonchev–Trinajstić information content (AvgIpc) is 2.89. The number of halogens is 2. The summed E-state index contributed by atoms with van der Waals surface area (Å²) in [5, 5.41) is 13.1. The molecule has 11 heteroatoms. The van der Waals surface area contributed by atoms with Crippen molar-refractivity contribution >= 4 is 52.5 Å². The molecule has 0 radical (unpaired) electrons. The van der Waals surface area contributed by atoms with E-state index in [0.29, 0.717) is 29.2 Å². The number of aromatic nitrogens is 2. The normalized spacial score (nSPS) is 12.1. The molecule has 41 heavy (non-hydrogen) atoms. The van der Waals surface area contributed by atoms with Crippen molar-refractivity contribution in [3.05, 3.63) is 75.7 Å². The molecule has 0 bridgehead atoms. The summed E-state index contributed by atoms with van der Waals surface area (Å²) in [5.41, 5.74) is 0.836. The van der Waals surface area contributed by atoms with Gasteiger partial charge in [0, 0.05) is 18.4 Å². The molecule has 1 atom stereocenters. The Labute approximate surface area is 249 Å². The number of hydrogen-bond donors (Lipinski definition) is 2. The molecule has 0 saturated carbocycles. The largest absolute Gasteiger partial charge is 0.495 e. The van der Waals surface area contributed by atoms with Crippen molar-refractivity contribution in [1.29, 1.82) is 0 Å². The Morgan fingerprint density at radius 2 is 1.71 bits per heavy atom. The van der Waals surface area contributed by atoms with Gasteiger partial charge in [-0.2, -0.15) is 0 Å². The highest BCUT2D eigenvalue weighted by atomic mass is 35.5. The Morgan fingerprint density at radius 1 is 1.05 bits per heavy atom. The van der Waals surface area contributed by atoms with E-state index in [9.17, 15) is 19.5 Å². The molecule has 2 aromatic carbocycles. The molecule has 0 saturated heterocycles. The van der Waals surface area contributed by atoms with Crippen LogP contribution in [0.5, 0.6) is 5.75 Å². The van der Waals surface area contributed by atoms with Crippen LogP contribution in [0.25, 0.3) is 0 Å². The number of rotatable bonds is 10. The first-order valence-electron chi connectivity index (χ1n) is 13.0. The molecule has 3 rings (SSSR count). The van der Waals surface area contributed by atoms with Crippen molar-refractivity contribution in [3.8, 4) is 5.75 Å². The molecule has 3 aromatic rings. The van der Waals surface area contributed by atoms with Crippen LogP contribution in [0.4, 0.5) is 11.5 Å². The summed E-state index contributed by atoms with van der Waals surface area (Å²) in [6.07, 6.45) is 2.76. The fourth-order valence-corrected chi connectivity index (χ4v) is 4.74. The molecule has 0 aliphatic heterocycles. The Hall–Kier alpha value is -3.69. The third-order valence-corrected chi connectivity index (χ3v) is 6.81. The molecule has 0 aliphatic rings. The van der Waals surface area contributed by atoms with Crippen LogP contribution in [0.2, 0.25) is 10.0 Å². The number of carboxylic acids is 1. The fraction of sp³-hybridized carbons (Fsp3) is 0.367. The van der Waals surface area contributed by atoms with Gasteiger partial charge in [-0.3, -0.25) is 19.4 Å². The first-order chi connectivity index (χ1) is 19.2. The number of nitrogens with zero attached hydrogens (tertiary/aromatic N) is 3. The van der Waals surface area contributed by atoms with Crippen LogP contribution in [0.15, 0.2) is 48.8 Å². The van der Waals surface area contributed by atoms with Gasteiger partial charge in [-0.15, -0.1) is 0 Å². The maximum atomic E-state index is 13.4. The number of carbonyl (C=O) groups excluding carboxylic acids is 2. The number of hydrogen-bond acceptors (Lipinski definition) is 6. The second kappa shape index (κ2) is 13.3. The molecule has 0 aliphatic carbocycles. The average molecular weight is 602 g/mol. The van der Waals surface area contributed by atoms with Gasteiger partial charge in [0.15, 0.2) is 5.82 Å². The molecule has 218 valence electrons. The van der Waals surface area contributed by atoms with Crippen molar-refractivity contribution in [2.45, 2.75) is 47.0 Å². The van der Waals surface area contributed by atoms with Gasteiger partial charge in [-0.25, -0.2) is 4.98 Å². The lowest BCUT2D eigenvalue weighted by Gasteiger charge is -2.32. The smallest absolute Gasteiger partial charge is 0.311 e. The molecule has 0 spiro atoms. The van der Waals surface area contributed by atoms with Crippen molar-refractivity contribution in [2.24, 2.45) is 11.3 Å². The molecule has 2 N–H and O–H groups in total. The number of aliphatic carboxylic acids is 1. The molecule has 1 unspecified atom stereocenters. The number of ether oxygens (including phenoxy) is 1. The number of carboxylic acid groups (broad SMARTS) is 1. The van der Waals surface area contributed by atoms with Gasteiger partial charge in [0.25, 0.3) is 5.91 Å². The molecule has 1 aromatic heterocycles. The van der Waals surface area contributed by atoms with Crippen LogP contribution in [0, 0.1) is 11.3 Å². The van der Waals surface area contributed by atoms with Gasteiger partial charge < -0.3 is 20.1 Å². The summed E-state index contributed by atoms with van der Waals surface area (Å²) in [6.45, 7) is 9.97. The molecule has 0 fully saturated rings. The standard InChI is InChI=1S/C30H34Cl2N4O5/c1-17(2)16-36(29(40)30(3,4)5)23-12-18(10-11-24(23)41-6)20(28(38)39)13-19-14-34-25(15-33-19)35-27(37)26-21(31)8-7-9-22(26)32/h7-12,14-15,17,20H,13,16H2,1-6H3,(H,38,39)(H,34,35,37). The zero-order valence-electron chi connectivity index (χ0n) is 23.9. The van der Waals surface area contributed by atoms with E-state index < -0.39 is 23.2 Å². The SMILES string of the molecule is COc1ccc(C(Cc2cnc(NC(=O)c3c(Cl)cccc3Cl)cn2)C(=O)O)cc1N(CC(C)C)C(=O)C(C)(C)C. The van der Waals surface area contributed by atoms with E-state index in [1.807, 2.05) is 34.6 Å². The minimum Gasteiger partial charge on any atom is -0.495 e. The van der Waals surface area contributed by atoms with E-state index in [1.165, 1.54) is 19.5 Å². The van der Waals surface area contributed by atoms with Gasteiger partial charge in [0.2, 0.25) is 5.91 Å². The Bertz CT molecular complexity index is 1400. The number of carbonyl (C=O) groups is 3. The van der Waals surface area contributed by atoms with Gasteiger partial charge in [0.1, 0.15) is 5.75 Å². The molecule has 9 nitrogen and oxygen atoms in total. The van der Waals surface area contributed by atoms with Crippen LogP contribution in [-0.2, 0) is 16.0 Å². The summed E-state index contributed by atoms with van der Waals surface area (Å²) in [5.74, 6) is -1.92. The van der Waals surface area contributed by atoms with Crippen LogP contribution in [0.1, 0.15) is 62.2 Å². The third kappa shape index (κ3) is 7.95. The monoisotopic (exact) mass is 600 g/mol. The van der Waals surface area contributed by atoms with E-state index in [0.717, 1.165) is 0 Å². The van der Waals surface area contributed by atoms with Gasteiger partial charge >= 0.3 is 5.97 Å². The van der Waals surface area contributed by atoms with Gasteiger partial charge in [-0.05, 0) is 35.7 Å². The first-order valence-corrected chi connectivity index (χ1v) is 13.8. The summed E-state index contributed by atoms with van der Waals surface area (Å²) in [6, 6.07) is 9.77. The summed E-state index contributed by atoms with van der Waals surface area (Å²) >= 11 is 12.2. The summed E-state index contributed by atoms with van der Waals surface area (Å²) in [4.78, 5) is 48.6. The summed E-state index contributed by atoms with van der Waals surface area (Å²) < 4.78 is 5.56. The fourth-order valence-electron chi connectivity index (χ4n) is 4.17. The minimum absolute atomic E-state index is 0.0239. The minimum atomic E-state index is -1.06. The van der Waals surface area contributed by atoms with Crippen molar-refractivity contribution in [2.75, 3.05) is 23.9 Å². The first kappa shape index (κ1) is 31.8. The lowest BCUT2D eigenvalue weighted by molar-refractivity contribution is -0.138. The number of amides is 2. The van der Waals surface area contributed by atoms with E-state index in [4.69, 9.17) is 27.9 Å². The second-order valence-corrected chi connectivity index (χ2v) is 11.8. The van der Waals surface area contributed by atoms with Crippen molar-refractivity contribution < 1.29 is 24.2 Å². The molecular formula is C30H34Cl2N4O5. The van der Waals surface area contributed by atoms with Crippen molar-refractivity contribution in [3.63, 3.8) is 0 Å². The van der Waals surface area contributed by atoms with E-state index in [1.54, 1.807) is 41.3 Å². The highest BCUT2D eigenvalue weighted by Crippen LogP contribution is 2.36. The topological polar surface area (TPSA) is 122 Å². The number of benzene rings is 2. The van der Waals surface area contributed by atoms with E-state index >= 15 is 0 Å². The Balaban J connectivity index is 1.89. The van der Waals surface area contributed by atoms with Gasteiger partial charge in [-0.1, -0.05) is 70.0 Å². The predicted molar refractivity (Wildman–Crippen MR) is 160 cm³/mol. The highest BCUT2D eigenvalue weighted by molar-refractivity contribution is 6.40. The third-order valence-electron chi connectivity index (χ3n) is 6.18. The highest BCUT2D eigenvalue weighted by Gasteiger charge is 2.32. The number of methoxy groups -OCH3 is 1. The maximum Gasteiger partial charge on any atom is 0.311 e. The number of nitrogens with one attached hydrogen (secondary N) is 1. The quantitative estimate of drug-likeness (QED) is 0.272. The van der Waals surface area contributed by atoms with E-state index in [-0.39, 0.29) is 39.7 Å². The zero-order chi connectivity index (χ0) is 30.5. The van der Waals surface area contributed by atoms with Crippen LogP contribution < -0.4 is 15.0 Å². The number of anilines is 2. The molecule has 2 amide bonds. The molecule has 1 heterocycles. The second-order valence-electron chi connectivity index (χ2n) is 11.0. The predicted octanol–water partition coefficient (Wildman–Crippen LogP) is 6.49. The Kier molecular flexibility index (Phi) is 10.3. The lowest BCUT2D eigenvalue weighted by atomic mass is 9.91. The molecular weight excluding hydrogens is 567 g/mol. The van der Waals surface area contributed by atoms with Gasteiger partial charge in [0.05, 0.1) is 52.4 Å². The van der Waals surface area contributed by atoms with Crippen LogP contribution in [0.3, 0.4) is 0 Å². The Morgan fingerprint density at radius 3 is 2.22 bits per heavy atom. The van der Waals surface area contributed by atoms with Crippen LogP contribution in [-0.4, -0.2) is 46.5 Å². The lowest BCUT2D eigenvalue weighted by Crippen LogP contribution is -2.42.